The van der Waals surface area contributed by atoms with Crippen LogP contribution in [0.3, 0.4) is 0 Å². The summed E-state index contributed by atoms with van der Waals surface area (Å²) in [5.41, 5.74) is 0. The second-order valence-electron chi connectivity index (χ2n) is 10.7. The third kappa shape index (κ3) is 8.64. The second kappa shape index (κ2) is 14.0. The van der Waals surface area contributed by atoms with Gasteiger partial charge < -0.3 is 18.9 Å². The molecule has 4 aliphatic rings. The van der Waals surface area contributed by atoms with E-state index in [0.717, 1.165) is 25.7 Å². The lowest BCUT2D eigenvalue weighted by molar-refractivity contribution is -0.132. The summed E-state index contributed by atoms with van der Waals surface area (Å²) in [6.45, 7) is 0.978. The highest BCUT2D eigenvalue weighted by molar-refractivity contribution is 5.09. The largest absolute Gasteiger partial charge is 0.352 e. The van der Waals surface area contributed by atoms with Crippen molar-refractivity contribution in [2.24, 2.45) is 11.8 Å². The van der Waals surface area contributed by atoms with Crippen LogP contribution in [0.2, 0.25) is 0 Å². The molecule has 4 heteroatoms. The predicted octanol–water partition coefficient (Wildman–Crippen LogP) is 6.75. The summed E-state index contributed by atoms with van der Waals surface area (Å²) in [5.74, 6) is 8.36. The van der Waals surface area contributed by atoms with Gasteiger partial charge in [0.05, 0.1) is 24.4 Å². The molecule has 4 nitrogen and oxygen atoms in total. The van der Waals surface area contributed by atoms with E-state index in [1.54, 1.807) is 0 Å². The van der Waals surface area contributed by atoms with E-state index < -0.39 is 0 Å². The molecular weight excluding hydrogens is 400 g/mol. The van der Waals surface area contributed by atoms with Gasteiger partial charge in [-0.1, -0.05) is 50.4 Å². The van der Waals surface area contributed by atoms with Gasteiger partial charge in [-0.2, -0.15) is 0 Å². The summed E-state index contributed by atoms with van der Waals surface area (Å²) < 4.78 is 23.9. The number of rotatable bonds is 8. The van der Waals surface area contributed by atoms with Crippen LogP contribution < -0.4 is 0 Å². The molecule has 4 aliphatic carbocycles. The van der Waals surface area contributed by atoms with E-state index in [2.05, 4.69) is 11.8 Å². The van der Waals surface area contributed by atoms with E-state index in [4.69, 9.17) is 18.9 Å². The molecule has 4 saturated carbocycles. The number of hydrogen-bond donors (Lipinski definition) is 0. The summed E-state index contributed by atoms with van der Waals surface area (Å²) in [4.78, 5) is 0. The molecule has 0 bridgehead atoms. The topological polar surface area (TPSA) is 36.9 Å². The van der Waals surface area contributed by atoms with Crippen LogP contribution in [0.4, 0.5) is 0 Å². The summed E-state index contributed by atoms with van der Waals surface area (Å²) >= 11 is 0. The molecule has 0 aromatic carbocycles. The van der Waals surface area contributed by atoms with Gasteiger partial charge in [0.1, 0.15) is 13.6 Å². The Hall–Kier alpha value is -0.600. The molecule has 0 radical (unpaired) electrons. The number of hydrogen-bond acceptors (Lipinski definition) is 4. The molecule has 0 atom stereocenters. The van der Waals surface area contributed by atoms with Gasteiger partial charge in [0, 0.05) is 11.8 Å². The maximum absolute atomic E-state index is 6.02. The van der Waals surface area contributed by atoms with E-state index in [0.29, 0.717) is 49.8 Å². The Bertz CT molecular complexity index is 506. The van der Waals surface area contributed by atoms with Crippen LogP contribution in [-0.4, -0.2) is 38.0 Å². The molecule has 0 aromatic heterocycles. The highest BCUT2D eigenvalue weighted by Gasteiger charge is 2.23. The van der Waals surface area contributed by atoms with E-state index in [9.17, 15) is 0 Å². The lowest BCUT2D eigenvalue weighted by atomic mass is 9.85. The molecule has 182 valence electrons. The molecule has 0 aromatic rings. The summed E-state index contributed by atoms with van der Waals surface area (Å²) in [5, 5.41) is 0. The van der Waals surface area contributed by atoms with Crippen molar-refractivity contribution in [3.63, 3.8) is 0 Å². The van der Waals surface area contributed by atoms with Crippen LogP contribution >= 0.6 is 0 Å². The van der Waals surface area contributed by atoms with E-state index in [1.807, 2.05) is 0 Å². The molecule has 0 spiro atoms. The van der Waals surface area contributed by atoms with Crippen molar-refractivity contribution >= 4 is 0 Å². The van der Waals surface area contributed by atoms with Gasteiger partial charge in [-0.15, -0.1) is 0 Å². The zero-order valence-corrected chi connectivity index (χ0v) is 20.2. The number of ether oxygens (including phenoxy) is 4. The minimum absolute atomic E-state index is 0.375. The van der Waals surface area contributed by atoms with Gasteiger partial charge in [-0.25, -0.2) is 0 Å². The van der Waals surface area contributed by atoms with Crippen molar-refractivity contribution in [2.75, 3.05) is 13.6 Å². The molecule has 0 N–H and O–H groups in total. The third-order valence-electron chi connectivity index (χ3n) is 8.16. The fraction of sp³-hybridized carbons (Fsp3) is 0.929. The monoisotopic (exact) mass is 446 g/mol. The first kappa shape index (κ1) is 24.5. The Morgan fingerprint density at radius 1 is 0.375 bits per heavy atom. The molecule has 0 saturated heterocycles. The van der Waals surface area contributed by atoms with Crippen molar-refractivity contribution in [3.05, 3.63) is 0 Å². The molecule has 4 fully saturated rings. The smallest absolute Gasteiger partial charge is 0.147 e. The minimum atomic E-state index is 0.375. The highest BCUT2D eigenvalue weighted by atomic mass is 16.7. The second-order valence-corrected chi connectivity index (χ2v) is 10.7. The summed E-state index contributed by atoms with van der Waals surface area (Å²) in [7, 11) is 0. The first-order valence-corrected chi connectivity index (χ1v) is 13.8. The van der Waals surface area contributed by atoms with E-state index >= 15 is 0 Å². The lowest BCUT2D eigenvalue weighted by Gasteiger charge is -2.28. The van der Waals surface area contributed by atoms with Crippen LogP contribution in [0.15, 0.2) is 0 Å². The summed E-state index contributed by atoms with van der Waals surface area (Å²) in [6, 6.07) is 0. The van der Waals surface area contributed by atoms with Crippen molar-refractivity contribution in [3.8, 4) is 11.8 Å². The normalized spacial score (nSPS) is 32.9. The van der Waals surface area contributed by atoms with Crippen LogP contribution in [0, 0.1) is 23.7 Å². The SMILES string of the molecule is C(#CC1CCC(OCOC2CCCCC2)CC1)C1CCC(OCOC2CCCCC2)CC1. The Morgan fingerprint density at radius 3 is 1.03 bits per heavy atom. The van der Waals surface area contributed by atoms with Crippen LogP contribution in [-0.2, 0) is 18.9 Å². The Labute approximate surface area is 196 Å². The Balaban J connectivity index is 1.03. The first-order valence-electron chi connectivity index (χ1n) is 13.8. The van der Waals surface area contributed by atoms with Gasteiger partial charge in [0.2, 0.25) is 0 Å². The molecule has 32 heavy (non-hydrogen) atoms. The Morgan fingerprint density at radius 2 is 0.688 bits per heavy atom. The quantitative estimate of drug-likeness (QED) is 0.305. The van der Waals surface area contributed by atoms with Gasteiger partial charge >= 0.3 is 0 Å². The summed E-state index contributed by atoms with van der Waals surface area (Å²) in [6.07, 6.45) is 23.8. The first-order chi connectivity index (χ1) is 15.8. The van der Waals surface area contributed by atoms with Gasteiger partial charge in [-0.3, -0.25) is 0 Å². The van der Waals surface area contributed by atoms with Crippen molar-refractivity contribution in [1.29, 1.82) is 0 Å². The van der Waals surface area contributed by atoms with Crippen molar-refractivity contribution in [2.45, 2.75) is 140 Å². The zero-order valence-electron chi connectivity index (χ0n) is 20.2. The van der Waals surface area contributed by atoms with Crippen LogP contribution in [0.5, 0.6) is 0 Å². The van der Waals surface area contributed by atoms with Crippen LogP contribution in [0.25, 0.3) is 0 Å². The van der Waals surface area contributed by atoms with Gasteiger partial charge in [0.15, 0.2) is 0 Å². The van der Waals surface area contributed by atoms with Gasteiger partial charge in [0.25, 0.3) is 0 Å². The standard InChI is InChI=1S/C28H46O4/c1-3-7-25(8-4-1)29-21-31-27-17-13-23(14-18-27)11-12-24-15-19-28(20-16-24)32-22-30-26-9-5-2-6-10-26/h23-28H,1-10,13-22H2. The minimum Gasteiger partial charge on any atom is -0.352 e. The average Bonchev–Trinajstić information content (AvgIpc) is 2.86. The van der Waals surface area contributed by atoms with E-state index in [-0.39, 0.29) is 0 Å². The third-order valence-corrected chi connectivity index (χ3v) is 8.16. The molecule has 0 unspecified atom stereocenters. The maximum Gasteiger partial charge on any atom is 0.147 e. The molecule has 0 aliphatic heterocycles. The average molecular weight is 447 g/mol. The Kier molecular flexibility index (Phi) is 10.7. The molecule has 4 rings (SSSR count). The van der Waals surface area contributed by atoms with Crippen molar-refractivity contribution < 1.29 is 18.9 Å². The molecule has 0 heterocycles. The molecular formula is C28H46O4. The van der Waals surface area contributed by atoms with E-state index in [1.165, 1.54) is 89.9 Å². The highest BCUT2D eigenvalue weighted by Crippen LogP contribution is 2.29. The fourth-order valence-corrected chi connectivity index (χ4v) is 5.91. The fourth-order valence-electron chi connectivity index (χ4n) is 5.91. The predicted molar refractivity (Wildman–Crippen MR) is 127 cm³/mol. The van der Waals surface area contributed by atoms with Crippen molar-refractivity contribution in [1.82, 2.24) is 0 Å². The molecule has 0 amide bonds. The van der Waals surface area contributed by atoms with Gasteiger partial charge in [-0.05, 0) is 77.0 Å². The zero-order chi connectivity index (χ0) is 21.8. The van der Waals surface area contributed by atoms with Crippen LogP contribution in [0.1, 0.15) is 116 Å². The lowest BCUT2D eigenvalue weighted by Crippen LogP contribution is -2.25. The maximum atomic E-state index is 6.02.